The number of carbonyl (C=O) groups excluding carboxylic acids is 2. The Morgan fingerprint density at radius 3 is 1.74 bits per heavy atom. The molecule has 0 bridgehead atoms. The lowest BCUT2D eigenvalue weighted by Crippen LogP contribution is -2.43. The molecule has 2 aromatic rings. The molecule has 2 heterocycles. The zero-order valence-corrected chi connectivity index (χ0v) is 27.8. The van der Waals surface area contributed by atoms with Crippen LogP contribution in [0.5, 0.6) is 0 Å². The number of hydrogen-bond donors (Lipinski definition) is 0. The van der Waals surface area contributed by atoms with Gasteiger partial charge in [-0.25, -0.2) is 0 Å². The van der Waals surface area contributed by atoms with E-state index in [4.69, 9.17) is 55.9 Å². The summed E-state index contributed by atoms with van der Waals surface area (Å²) in [5.74, 6) is 0.265. The van der Waals surface area contributed by atoms with Crippen molar-refractivity contribution in [2.75, 3.05) is 59.0 Å². The lowest BCUT2D eigenvalue weighted by molar-refractivity contribution is -0.141. The van der Waals surface area contributed by atoms with Gasteiger partial charge in [0.05, 0.1) is 56.1 Å². The number of carbonyl (C=O) groups is 2. The van der Waals surface area contributed by atoms with Crippen molar-refractivity contribution in [3.63, 3.8) is 0 Å². The van der Waals surface area contributed by atoms with Crippen molar-refractivity contribution in [3.05, 3.63) is 62.0 Å². The molecule has 0 N–H and O–H groups in total. The third-order valence-corrected chi connectivity index (χ3v) is 8.81. The van der Waals surface area contributed by atoms with E-state index in [2.05, 4.69) is 39.2 Å². The molecule has 0 saturated carbocycles. The van der Waals surface area contributed by atoms with Gasteiger partial charge in [-0.15, -0.1) is 0 Å². The molecule has 0 saturated heterocycles. The van der Waals surface area contributed by atoms with Gasteiger partial charge in [0.25, 0.3) is 0 Å². The highest BCUT2D eigenvalue weighted by Gasteiger charge is 2.35. The van der Waals surface area contributed by atoms with Crippen molar-refractivity contribution in [1.82, 2.24) is 0 Å². The van der Waals surface area contributed by atoms with Crippen molar-refractivity contribution < 1.29 is 19.1 Å². The maximum atomic E-state index is 11.3. The van der Waals surface area contributed by atoms with Gasteiger partial charge in [-0.1, -0.05) is 52.1 Å². The maximum Gasteiger partial charge on any atom is 0.302 e. The lowest BCUT2D eigenvalue weighted by atomic mass is 10.2. The molecule has 8 nitrogen and oxygen atoms in total. The Hall–Kier alpha value is -2.74. The summed E-state index contributed by atoms with van der Waals surface area (Å²) in [7, 11) is 0. The number of benzene rings is 2. The maximum absolute atomic E-state index is 11.3. The van der Waals surface area contributed by atoms with E-state index in [1.165, 1.54) is 13.8 Å². The van der Waals surface area contributed by atoms with Gasteiger partial charge < -0.3 is 29.1 Å². The Morgan fingerprint density at radius 2 is 1.23 bits per heavy atom. The molecule has 4 rings (SSSR count). The van der Waals surface area contributed by atoms with Gasteiger partial charge in [0, 0.05) is 46.4 Å². The molecule has 0 aliphatic carbocycles. The van der Waals surface area contributed by atoms with E-state index in [-0.39, 0.29) is 18.1 Å². The first-order valence-corrected chi connectivity index (χ1v) is 15.9. The fourth-order valence-corrected chi connectivity index (χ4v) is 6.19. The third-order valence-electron chi connectivity index (χ3n) is 7.36. The normalized spacial score (nSPS) is 15.4. The Bertz CT molecular complexity index is 1430. The highest BCUT2D eigenvalue weighted by Crippen LogP contribution is 2.46. The predicted octanol–water partition coefficient (Wildman–Crippen LogP) is 7.91. The van der Waals surface area contributed by atoms with Crippen molar-refractivity contribution in [1.29, 1.82) is 0 Å². The van der Waals surface area contributed by atoms with Crippen LogP contribution in [-0.4, -0.2) is 57.5 Å². The van der Waals surface area contributed by atoms with Crippen LogP contribution in [0.1, 0.15) is 47.0 Å². The van der Waals surface area contributed by atoms with Gasteiger partial charge in [-0.2, -0.15) is 0 Å². The molecule has 1 unspecified atom stereocenters. The molecule has 232 valence electrons. The van der Waals surface area contributed by atoms with E-state index in [0.717, 1.165) is 35.1 Å². The van der Waals surface area contributed by atoms with E-state index in [1.54, 1.807) is 0 Å². The number of rotatable bonds is 12. The molecular formula is C31H36Cl4N4O4. The zero-order valence-electron chi connectivity index (χ0n) is 24.8. The van der Waals surface area contributed by atoms with E-state index >= 15 is 0 Å². The first kappa shape index (κ1) is 33.2. The minimum Gasteiger partial charge on any atom is -0.466 e. The molecule has 12 heteroatoms. The minimum atomic E-state index is -0.305. The largest absolute Gasteiger partial charge is 0.466 e. The van der Waals surface area contributed by atoms with E-state index in [0.29, 0.717) is 72.2 Å². The summed E-state index contributed by atoms with van der Waals surface area (Å²) in [6, 6.07) is 7.56. The summed E-state index contributed by atoms with van der Waals surface area (Å²) >= 11 is 25.7. The van der Waals surface area contributed by atoms with Crippen LogP contribution in [0.15, 0.2) is 41.9 Å². The SMILES string of the molecule is CCN1C(=C=CCC2N(CC)c3cc(Cl)c(Cl)cc3N2CCCOC(C)=O)N(CCCOC(C)=O)c2cc(Cl)c(Cl)cc21. The quantitative estimate of drug-likeness (QED) is 0.128. The second-order valence-electron chi connectivity index (χ2n) is 10.2. The molecule has 2 aliphatic heterocycles. The van der Waals surface area contributed by atoms with Gasteiger partial charge in [0.2, 0.25) is 0 Å². The Morgan fingerprint density at radius 1 is 0.744 bits per heavy atom. The molecule has 2 aliphatic rings. The van der Waals surface area contributed by atoms with Gasteiger partial charge in [0.15, 0.2) is 5.82 Å². The average Bonchev–Trinajstić information content (AvgIpc) is 3.39. The standard InChI is InChI=1S/C31H36Cl4N4O4/c1-5-36-26-16-22(32)24(34)18-28(26)38(12-8-14-42-20(3)40)30(36)10-7-11-31-37(6-2)27-17-23(33)25(35)19-29(27)39(31)13-9-15-43-21(4)41/h7,16-19,30H,5-6,8-10,12-15H2,1-4H3. The summed E-state index contributed by atoms with van der Waals surface area (Å²) in [6.07, 6.45) is 3.95. The first-order chi connectivity index (χ1) is 20.6. The van der Waals surface area contributed by atoms with Crippen LogP contribution in [0.25, 0.3) is 0 Å². The van der Waals surface area contributed by atoms with Crippen LogP contribution in [-0.2, 0) is 19.1 Å². The molecular weight excluding hydrogens is 634 g/mol. The molecule has 43 heavy (non-hydrogen) atoms. The Balaban J connectivity index is 1.66. The van der Waals surface area contributed by atoms with Crippen LogP contribution in [0.4, 0.5) is 22.7 Å². The van der Waals surface area contributed by atoms with Crippen LogP contribution in [0, 0.1) is 0 Å². The predicted molar refractivity (Wildman–Crippen MR) is 176 cm³/mol. The molecule has 1 atom stereocenters. The van der Waals surface area contributed by atoms with Crippen LogP contribution in [0.2, 0.25) is 20.1 Å². The van der Waals surface area contributed by atoms with Gasteiger partial charge in [-0.3, -0.25) is 9.59 Å². The van der Waals surface area contributed by atoms with Crippen LogP contribution < -0.4 is 19.6 Å². The fraction of sp³-hybridized carbons (Fsp3) is 0.452. The number of anilines is 4. The van der Waals surface area contributed by atoms with Crippen molar-refractivity contribution in [2.24, 2.45) is 0 Å². The lowest BCUT2D eigenvalue weighted by Gasteiger charge is -2.32. The zero-order chi connectivity index (χ0) is 31.3. The molecule has 0 spiro atoms. The van der Waals surface area contributed by atoms with E-state index < -0.39 is 0 Å². The highest BCUT2D eigenvalue weighted by atomic mass is 35.5. The molecule has 0 aromatic heterocycles. The van der Waals surface area contributed by atoms with E-state index in [9.17, 15) is 9.59 Å². The van der Waals surface area contributed by atoms with Crippen LogP contribution >= 0.6 is 46.4 Å². The van der Waals surface area contributed by atoms with Gasteiger partial charge in [-0.05, 0) is 57.0 Å². The summed E-state index contributed by atoms with van der Waals surface area (Å²) in [5.41, 5.74) is 7.44. The smallest absolute Gasteiger partial charge is 0.302 e. The minimum absolute atomic E-state index is 0.0277. The van der Waals surface area contributed by atoms with Crippen molar-refractivity contribution in [2.45, 2.75) is 53.1 Å². The summed E-state index contributed by atoms with van der Waals surface area (Å²) in [4.78, 5) is 31.5. The topological polar surface area (TPSA) is 65.6 Å². The highest BCUT2D eigenvalue weighted by molar-refractivity contribution is 6.43. The van der Waals surface area contributed by atoms with E-state index in [1.807, 2.05) is 30.3 Å². The second-order valence-corrected chi connectivity index (χ2v) is 11.8. The number of fused-ring (bicyclic) bond motifs is 2. The molecule has 0 radical (unpaired) electrons. The van der Waals surface area contributed by atoms with Gasteiger partial charge in [0.1, 0.15) is 6.17 Å². The van der Waals surface area contributed by atoms with Crippen molar-refractivity contribution in [3.8, 4) is 0 Å². The molecule has 2 aromatic carbocycles. The Labute approximate surface area is 273 Å². The summed E-state index contributed by atoms with van der Waals surface area (Å²) in [5, 5.41) is 1.94. The number of ether oxygens (including phenoxy) is 2. The number of nitrogens with zero attached hydrogens (tertiary/aromatic N) is 4. The molecule has 0 fully saturated rings. The van der Waals surface area contributed by atoms with Crippen molar-refractivity contribution >= 4 is 81.1 Å². The second kappa shape index (κ2) is 14.8. The number of hydrogen-bond acceptors (Lipinski definition) is 8. The summed E-state index contributed by atoms with van der Waals surface area (Å²) in [6.45, 7) is 10.3. The fourth-order valence-electron chi connectivity index (χ4n) is 5.56. The van der Waals surface area contributed by atoms with Crippen LogP contribution in [0.3, 0.4) is 0 Å². The van der Waals surface area contributed by atoms with Gasteiger partial charge >= 0.3 is 11.9 Å². The molecule has 0 amide bonds. The average molecular weight is 670 g/mol. The number of halogens is 4. The Kier molecular flexibility index (Phi) is 11.4. The third kappa shape index (κ3) is 7.50. The first-order valence-electron chi connectivity index (χ1n) is 14.4. The summed E-state index contributed by atoms with van der Waals surface area (Å²) < 4.78 is 10.4. The monoisotopic (exact) mass is 668 g/mol. The number of esters is 2.